The van der Waals surface area contributed by atoms with Gasteiger partial charge in [-0.05, 0) is 75.4 Å². The number of rotatable bonds is 27. The van der Waals surface area contributed by atoms with Crippen LogP contribution < -0.4 is 32.3 Å². The highest BCUT2D eigenvalue weighted by Gasteiger charge is 2.50. The lowest BCUT2D eigenvalue weighted by atomic mass is 9.88. The summed E-state index contributed by atoms with van der Waals surface area (Å²) < 4.78 is 0. The zero-order valence-electron chi connectivity index (χ0n) is 41.5. The van der Waals surface area contributed by atoms with E-state index in [2.05, 4.69) is 36.5 Å². The number of carbonyl (C=O) groups is 11. The van der Waals surface area contributed by atoms with E-state index in [1.54, 1.807) is 22.1 Å². The number of carboxylic acid groups (broad SMARTS) is 3. The molecule has 12 N–H and O–H groups in total. The van der Waals surface area contributed by atoms with Gasteiger partial charge in [0.25, 0.3) is 5.91 Å². The molecule has 5 rings (SSSR count). The van der Waals surface area contributed by atoms with E-state index in [0.717, 1.165) is 15.8 Å². The van der Waals surface area contributed by atoms with Gasteiger partial charge in [0, 0.05) is 78.3 Å². The maximum Gasteiger partial charge on any atom is 0.355 e. The molecule has 2 aliphatic rings. The van der Waals surface area contributed by atoms with E-state index in [-0.39, 0.29) is 55.8 Å². The van der Waals surface area contributed by atoms with Crippen molar-refractivity contribution in [2.24, 2.45) is 5.73 Å². The van der Waals surface area contributed by atoms with E-state index < -0.39 is 134 Å². The Kier molecular flexibility index (Phi) is 20.9. The fourth-order valence-corrected chi connectivity index (χ4v) is 9.67. The molecule has 0 radical (unpaired) electrons. The van der Waals surface area contributed by atoms with Gasteiger partial charge >= 0.3 is 23.9 Å². The molecule has 26 heteroatoms. The maximum absolute atomic E-state index is 13.8. The first-order valence-corrected chi connectivity index (χ1v) is 24.2. The number of carboxylic acids is 3. The minimum absolute atomic E-state index is 0.0101. The Hall–Kier alpha value is -7.81. The Morgan fingerprint density at radius 3 is 1.97 bits per heavy atom. The third-order valence-electron chi connectivity index (χ3n) is 13.4. The Morgan fingerprint density at radius 2 is 1.40 bits per heavy atom. The normalized spacial score (nSPS) is 17.7. The molecular weight excluding hydrogens is 985 g/mol. The molecule has 75 heavy (non-hydrogen) atoms. The van der Waals surface area contributed by atoms with Crippen LogP contribution in [0.2, 0.25) is 0 Å². The number of aliphatic carboxylic acids is 3. The first kappa shape index (κ1) is 58.1. The number of para-hydroxylation sites is 1. The summed E-state index contributed by atoms with van der Waals surface area (Å²) in [6, 6.07) is 8.22. The predicted octanol–water partition coefficient (Wildman–Crippen LogP) is -0.572. The quantitative estimate of drug-likeness (QED) is 0.0336. The molecule has 1 aromatic heterocycles. The van der Waals surface area contributed by atoms with E-state index in [1.807, 2.05) is 18.2 Å². The summed E-state index contributed by atoms with van der Waals surface area (Å²) >= 11 is 0. The minimum Gasteiger partial charge on any atom is -0.480 e. The molecule has 5 atom stereocenters. The third-order valence-corrected chi connectivity index (χ3v) is 13.4. The number of amides is 6. The van der Waals surface area contributed by atoms with Crippen LogP contribution in [-0.4, -0.2) is 187 Å². The molecule has 6 amide bonds. The van der Waals surface area contributed by atoms with E-state index in [1.165, 1.54) is 38.1 Å². The van der Waals surface area contributed by atoms with Gasteiger partial charge in [0.05, 0.1) is 32.2 Å². The van der Waals surface area contributed by atoms with Crippen LogP contribution in [-0.2, 0) is 59.3 Å². The van der Waals surface area contributed by atoms with Crippen LogP contribution in [0.3, 0.4) is 0 Å². The lowest BCUT2D eigenvalue weighted by molar-refractivity contribution is -0.236. The second-order valence-electron chi connectivity index (χ2n) is 18.9. The maximum atomic E-state index is 13.8. The standard InChI is InChI=1S/C49H64N10O16/c1-28(29(2)60)53-48(73)36(19-31-20-51-34-8-4-3-7-33(31)34)56-47(72)35(15-16-39(50)61)55-46(71)30-11-13-32(14-12-30)54-41(63)21-52-40(62)17-18-49(59(24-44(68)69)25-45(70)75-74)26-57(22-42(64)65)37-9-5-6-10-38(37)58(27-49)23-43(66)67/h3-4,7-8,11-14,20,28,35-38,51,74H,5-6,9-10,15-19,21-27H2,1-2H3,(H2,50,61)(H,52,62)(H,53,73)(H,54,63)(H,55,71)(H,56,72)(H,64,65)(H,66,67)(H,68,69)/t28-,35-,36-,37+,38+/m0/s1. The molecular formula is C49H64N10O16. The number of Topliss-reactive ketones (excluding diaryl/α,β-unsaturated/α-hetero) is 1. The molecule has 1 aliphatic heterocycles. The Bertz CT molecular complexity index is 2570. The van der Waals surface area contributed by atoms with Gasteiger partial charge in [0.2, 0.25) is 29.5 Å². The molecule has 2 aromatic carbocycles. The van der Waals surface area contributed by atoms with Crippen LogP contribution >= 0.6 is 0 Å². The number of aromatic amines is 1. The van der Waals surface area contributed by atoms with Gasteiger partial charge < -0.3 is 52.6 Å². The smallest absolute Gasteiger partial charge is 0.355 e. The van der Waals surface area contributed by atoms with E-state index in [4.69, 9.17) is 5.73 Å². The Balaban J connectivity index is 1.26. The molecule has 1 saturated carbocycles. The van der Waals surface area contributed by atoms with Gasteiger partial charge in [-0.1, -0.05) is 31.0 Å². The second kappa shape index (κ2) is 26.9. The van der Waals surface area contributed by atoms with Crippen molar-refractivity contribution in [1.82, 2.24) is 41.0 Å². The molecule has 3 aromatic rings. The van der Waals surface area contributed by atoms with Gasteiger partial charge in [-0.2, -0.15) is 5.26 Å². The number of fused-ring (bicyclic) bond motifs is 2. The van der Waals surface area contributed by atoms with Crippen LogP contribution in [0.1, 0.15) is 81.1 Å². The van der Waals surface area contributed by atoms with E-state index in [9.17, 15) is 73.3 Å². The van der Waals surface area contributed by atoms with E-state index >= 15 is 0 Å². The Morgan fingerprint density at radius 1 is 0.787 bits per heavy atom. The highest BCUT2D eigenvalue weighted by atomic mass is 17.1. The monoisotopic (exact) mass is 1050 g/mol. The summed E-state index contributed by atoms with van der Waals surface area (Å²) in [7, 11) is 0. The summed E-state index contributed by atoms with van der Waals surface area (Å²) in [4.78, 5) is 152. The lowest BCUT2D eigenvalue weighted by Gasteiger charge is -2.45. The van der Waals surface area contributed by atoms with Crippen LogP contribution in [0, 0.1) is 0 Å². The number of benzene rings is 2. The average Bonchev–Trinajstić information content (AvgIpc) is 3.71. The number of primary amides is 1. The zero-order valence-corrected chi connectivity index (χ0v) is 41.5. The number of nitrogens with zero attached hydrogens (tertiary/aromatic N) is 3. The van der Waals surface area contributed by atoms with Crippen molar-refractivity contribution in [3.8, 4) is 0 Å². The van der Waals surface area contributed by atoms with Gasteiger partial charge in [-0.3, -0.25) is 67.5 Å². The minimum atomic E-state index is -1.60. The number of anilines is 1. The number of hydrogen-bond donors (Lipinski definition) is 11. The zero-order chi connectivity index (χ0) is 55.0. The summed E-state index contributed by atoms with van der Waals surface area (Å²) in [5.41, 5.74) is 5.44. The fourth-order valence-electron chi connectivity index (χ4n) is 9.67. The number of nitrogens with two attached hydrogens (primary N) is 1. The Labute approximate surface area is 430 Å². The molecule has 0 bridgehead atoms. The van der Waals surface area contributed by atoms with Crippen LogP contribution in [0.15, 0.2) is 54.7 Å². The predicted molar refractivity (Wildman–Crippen MR) is 264 cm³/mol. The van der Waals surface area contributed by atoms with Crippen molar-refractivity contribution >= 4 is 81.7 Å². The van der Waals surface area contributed by atoms with Gasteiger partial charge in [-0.15, -0.1) is 0 Å². The highest BCUT2D eigenvalue weighted by molar-refractivity contribution is 6.00. The lowest BCUT2D eigenvalue weighted by Crippen LogP contribution is -2.62. The van der Waals surface area contributed by atoms with Gasteiger partial charge in [-0.25, -0.2) is 4.79 Å². The number of H-pyrrole nitrogens is 1. The van der Waals surface area contributed by atoms with Crippen molar-refractivity contribution in [1.29, 1.82) is 0 Å². The van der Waals surface area contributed by atoms with Crippen molar-refractivity contribution < 1.29 is 78.2 Å². The van der Waals surface area contributed by atoms with Gasteiger partial charge in [0.15, 0.2) is 5.78 Å². The second-order valence-corrected chi connectivity index (χ2v) is 18.9. The summed E-state index contributed by atoms with van der Waals surface area (Å²) in [6.45, 7) is -0.972. The number of nitrogens with one attached hydrogen (secondary N) is 6. The number of ketones is 1. The topological polar surface area (TPSA) is 390 Å². The van der Waals surface area contributed by atoms with Crippen molar-refractivity contribution in [3.05, 3.63) is 65.9 Å². The molecule has 1 saturated heterocycles. The third kappa shape index (κ3) is 16.9. The van der Waals surface area contributed by atoms with E-state index in [0.29, 0.717) is 31.2 Å². The number of aromatic nitrogens is 1. The number of carbonyl (C=O) groups excluding carboxylic acids is 8. The molecule has 0 unspecified atom stereocenters. The highest BCUT2D eigenvalue weighted by Crippen LogP contribution is 2.36. The molecule has 0 spiro atoms. The summed E-state index contributed by atoms with van der Waals surface area (Å²) in [5, 5.41) is 52.7. The molecule has 2 fully saturated rings. The van der Waals surface area contributed by atoms with Crippen LogP contribution in [0.5, 0.6) is 0 Å². The SMILES string of the molecule is CC(=O)[C@H](C)NC(=O)[C@H](Cc1c[nH]c2ccccc12)NC(=O)[C@H](CCC(N)=O)NC(=O)c1ccc(NC(=O)CNC(=O)CCC2(N(CC(=O)O)CC(=O)OO)CN(CC(=O)O)[C@@H]3CCCC[C@H]3N(CC(=O)O)C2)cc1. The summed E-state index contributed by atoms with van der Waals surface area (Å²) in [6.07, 6.45) is 2.81. The molecule has 2 heterocycles. The average molecular weight is 1050 g/mol. The first-order valence-electron chi connectivity index (χ1n) is 24.2. The largest absolute Gasteiger partial charge is 0.480 e. The van der Waals surface area contributed by atoms with Crippen molar-refractivity contribution in [2.45, 2.75) is 107 Å². The fraction of sp³-hybridized carbons (Fsp3) is 0.490. The van der Waals surface area contributed by atoms with Crippen LogP contribution in [0.4, 0.5) is 5.69 Å². The summed E-state index contributed by atoms with van der Waals surface area (Å²) in [5.74, 6) is -9.93. The molecule has 26 nitrogen and oxygen atoms in total. The molecule has 406 valence electrons. The first-order chi connectivity index (χ1) is 35.6. The van der Waals surface area contributed by atoms with Gasteiger partial charge in [0.1, 0.15) is 18.6 Å². The van der Waals surface area contributed by atoms with Crippen molar-refractivity contribution in [2.75, 3.05) is 51.1 Å². The van der Waals surface area contributed by atoms with Crippen molar-refractivity contribution in [3.63, 3.8) is 0 Å². The number of hydrogen-bond acceptors (Lipinski definition) is 16. The molecule has 1 aliphatic carbocycles. The van der Waals surface area contributed by atoms with Crippen LogP contribution in [0.25, 0.3) is 10.9 Å².